The average Bonchev–Trinajstić information content (AvgIpc) is 3.40. The predicted octanol–water partition coefficient (Wildman–Crippen LogP) is 4.16. The molecule has 2 amide bonds. The van der Waals surface area contributed by atoms with Crippen molar-refractivity contribution in [2.45, 2.75) is 63.3 Å². The van der Waals surface area contributed by atoms with E-state index >= 15 is 0 Å². The number of nitrogens with one attached hydrogen (secondary N) is 1. The van der Waals surface area contributed by atoms with Gasteiger partial charge in [0.05, 0.1) is 33.5 Å². The number of amides is 2. The zero-order chi connectivity index (χ0) is 30.2. The number of fused-ring (bicyclic) bond motifs is 2. The first kappa shape index (κ1) is 30.0. The van der Waals surface area contributed by atoms with Crippen LogP contribution in [0, 0.1) is 5.92 Å². The zero-order valence-corrected chi connectivity index (χ0v) is 25.8. The topological polar surface area (TPSA) is 108 Å². The van der Waals surface area contributed by atoms with Gasteiger partial charge in [-0.1, -0.05) is 67.7 Å². The first-order valence-electron chi connectivity index (χ1n) is 14.5. The van der Waals surface area contributed by atoms with Crippen LogP contribution in [0.2, 0.25) is 18.6 Å². The van der Waals surface area contributed by atoms with E-state index in [4.69, 9.17) is 9.47 Å². The summed E-state index contributed by atoms with van der Waals surface area (Å²) in [7, 11) is -0.659. The Bertz CT molecular complexity index is 1440. The van der Waals surface area contributed by atoms with E-state index in [9.17, 15) is 19.8 Å². The summed E-state index contributed by atoms with van der Waals surface area (Å²) in [5.41, 5.74) is 1.61. The van der Waals surface area contributed by atoms with Crippen LogP contribution < -0.4 is 20.1 Å². The zero-order valence-electron chi connectivity index (χ0n) is 24.8. The van der Waals surface area contributed by atoms with Gasteiger partial charge in [-0.05, 0) is 54.8 Å². The average molecular weight is 589 g/mol. The minimum absolute atomic E-state index is 0.00207. The molecule has 42 heavy (non-hydrogen) atoms. The Balaban J connectivity index is 1.63. The molecule has 5 atom stereocenters. The first-order valence-corrected chi connectivity index (χ1v) is 17.5. The second-order valence-corrected chi connectivity index (χ2v) is 16.6. The standard InChI is InChI=1S/C33H40N2O6Si/c1-21-30(42(4,5)26-14-12-25(40-3)13-15-26)29(17-18-36)41-33(21)27-19-24(34-31(38)22(2)37)11-16-28(27)35(32(33)39)20-23-9-7-6-8-10-23/h6-16,19,21-22,29-30,36-37H,17-18,20H2,1-5H3,(H,34,38)/t21-,22-,29+,30-,33+/m0/s1. The smallest absolute Gasteiger partial charge is 0.264 e. The number of aliphatic hydroxyl groups is 2. The Morgan fingerprint density at radius 1 is 1.12 bits per heavy atom. The van der Waals surface area contributed by atoms with Gasteiger partial charge in [0.15, 0.2) is 5.60 Å². The maximum Gasteiger partial charge on any atom is 0.264 e. The molecule has 2 heterocycles. The summed E-state index contributed by atoms with van der Waals surface area (Å²) in [6, 6.07) is 23.4. The highest BCUT2D eigenvalue weighted by Crippen LogP contribution is 2.60. The third-order valence-electron chi connectivity index (χ3n) is 9.08. The summed E-state index contributed by atoms with van der Waals surface area (Å²) < 4.78 is 12.3. The molecule has 0 unspecified atom stereocenters. The maximum absolute atomic E-state index is 14.7. The van der Waals surface area contributed by atoms with Crippen molar-refractivity contribution in [2.24, 2.45) is 5.92 Å². The molecule has 0 aromatic heterocycles. The molecule has 2 aliphatic rings. The number of hydrogen-bond acceptors (Lipinski definition) is 6. The molecule has 222 valence electrons. The minimum Gasteiger partial charge on any atom is -0.497 e. The van der Waals surface area contributed by atoms with Crippen LogP contribution in [-0.4, -0.2) is 56.0 Å². The molecule has 9 heteroatoms. The van der Waals surface area contributed by atoms with Crippen LogP contribution in [0.3, 0.4) is 0 Å². The van der Waals surface area contributed by atoms with Gasteiger partial charge in [-0.2, -0.15) is 0 Å². The summed E-state index contributed by atoms with van der Waals surface area (Å²) in [5, 5.41) is 23.9. The Morgan fingerprint density at radius 2 is 1.81 bits per heavy atom. The number of rotatable bonds is 9. The van der Waals surface area contributed by atoms with Crippen LogP contribution in [0.25, 0.3) is 0 Å². The van der Waals surface area contributed by atoms with Gasteiger partial charge in [0, 0.05) is 23.8 Å². The van der Waals surface area contributed by atoms with Crippen molar-refractivity contribution in [3.8, 4) is 5.75 Å². The van der Waals surface area contributed by atoms with Crippen molar-refractivity contribution in [1.29, 1.82) is 0 Å². The SMILES string of the molecule is COc1ccc([Si](C)(C)[C@@H]2[C@@H](CCO)O[C@]3(C(=O)N(Cc4ccccc4)c4ccc(NC(=O)[C@H](C)O)cc43)[C@H]2C)cc1. The summed E-state index contributed by atoms with van der Waals surface area (Å²) in [5.74, 6) is -0.116. The lowest BCUT2D eigenvalue weighted by molar-refractivity contribution is -0.146. The number of ether oxygens (including phenoxy) is 2. The Hall–Kier alpha value is -3.50. The van der Waals surface area contributed by atoms with Crippen LogP contribution in [0.15, 0.2) is 72.8 Å². The van der Waals surface area contributed by atoms with Crippen molar-refractivity contribution >= 4 is 36.4 Å². The fraction of sp³-hybridized carbons (Fsp3) is 0.394. The molecule has 1 saturated heterocycles. The Kier molecular flexibility index (Phi) is 8.31. The van der Waals surface area contributed by atoms with E-state index in [1.807, 2.05) is 54.6 Å². The van der Waals surface area contributed by atoms with E-state index in [-0.39, 0.29) is 30.1 Å². The molecule has 8 nitrogen and oxygen atoms in total. The Labute approximate surface area is 248 Å². The fourth-order valence-electron chi connectivity index (χ4n) is 6.96. The quantitative estimate of drug-likeness (QED) is 0.324. The largest absolute Gasteiger partial charge is 0.497 e. The van der Waals surface area contributed by atoms with E-state index in [0.29, 0.717) is 24.2 Å². The molecule has 3 aromatic carbocycles. The molecule has 3 N–H and O–H groups in total. The van der Waals surface area contributed by atoms with Crippen LogP contribution in [-0.2, 0) is 26.5 Å². The van der Waals surface area contributed by atoms with E-state index in [0.717, 1.165) is 17.0 Å². The van der Waals surface area contributed by atoms with Gasteiger partial charge in [-0.15, -0.1) is 0 Å². The van der Waals surface area contributed by atoms with E-state index in [1.54, 1.807) is 18.1 Å². The van der Waals surface area contributed by atoms with Gasteiger partial charge in [0.25, 0.3) is 11.8 Å². The van der Waals surface area contributed by atoms with E-state index < -0.39 is 25.7 Å². The lowest BCUT2D eigenvalue weighted by Crippen LogP contribution is -2.51. The summed E-state index contributed by atoms with van der Waals surface area (Å²) in [6.45, 7) is 8.41. The summed E-state index contributed by atoms with van der Waals surface area (Å²) in [4.78, 5) is 28.9. The molecule has 0 saturated carbocycles. The van der Waals surface area contributed by atoms with E-state index in [1.165, 1.54) is 12.1 Å². The van der Waals surface area contributed by atoms with Gasteiger partial charge < -0.3 is 29.9 Å². The fourth-order valence-corrected chi connectivity index (χ4v) is 11.0. The van der Waals surface area contributed by atoms with Crippen LogP contribution >= 0.6 is 0 Å². The number of benzene rings is 3. The number of methoxy groups -OCH3 is 1. The third kappa shape index (κ3) is 5.04. The molecule has 0 bridgehead atoms. The number of nitrogens with zero attached hydrogens (tertiary/aromatic N) is 1. The maximum atomic E-state index is 14.7. The molecule has 5 rings (SSSR count). The number of aliphatic hydroxyl groups excluding tert-OH is 2. The van der Waals surface area contributed by atoms with Gasteiger partial charge >= 0.3 is 0 Å². The van der Waals surface area contributed by atoms with Crippen LogP contribution in [0.1, 0.15) is 31.4 Å². The molecule has 0 radical (unpaired) electrons. The van der Waals surface area contributed by atoms with Crippen molar-refractivity contribution in [3.63, 3.8) is 0 Å². The molecular weight excluding hydrogens is 548 g/mol. The highest BCUT2D eigenvalue weighted by Gasteiger charge is 2.66. The minimum atomic E-state index is -2.31. The highest BCUT2D eigenvalue weighted by molar-refractivity contribution is 6.91. The van der Waals surface area contributed by atoms with Gasteiger partial charge in [0.1, 0.15) is 11.9 Å². The van der Waals surface area contributed by atoms with Crippen molar-refractivity contribution < 1.29 is 29.3 Å². The van der Waals surface area contributed by atoms with Gasteiger partial charge in [0.2, 0.25) is 0 Å². The second-order valence-electron chi connectivity index (χ2n) is 11.9. The van der Waals surface area contributed by atoms with Crippen molar-refractivity contribution in [3.05, 3.63) is 83.9 Å². The molecule has 2 aliphatic heterocycles. The molecule has 1 spiro atoms. The van der Waals surface area contributed by atoms with Gasteiger partial charge in [-0.25, -0.2) is 0 Å². The van der Waals surface area contributed by atoms with E-state index in [2.05, 4.69) is 37.5 Å². The van der Waals surface area contributed by atoms with Crippen molar-refractivity contribution in [1.82, 2.24) is 0 Å². The molecular formula is C33H40N2O6Si. The number of carbonyl (C=O) groups is 2. The lowest BCUT2D eigenvalue weighted by Gasteiger charge is -2.37. The second kappa shape index (κ2) is 11.6. The lowest BCUT2D eigenvalue weighted by atomic mass is 9.82. The van der Waals surface area contributed by atoms with Crippen LogP contribution in [0.4, 0.5) is 11.4 Å². The number of anilines is 2. The highest BCUT2D eigenvalue weighted by atomic mass is 28.3. The van der Waals surface area contributed by atoms with Crippen molar-refractivity contribution in [2.75, 3.05) is 23.9 Å². The predicted molar refractivity (Wildman–Crippen MR) is 166 cm³/mol. The third-order valence-corrected chi connectivity index (χ3v) is 13.4. The Morgan fingerprint density at radius 3 is 2.43 bits per heavy atom. The van der Waals surface area contributed by atoms with Gasteiger partial charge in [-0.3, -0.25) is 9.59 Å². The molecule has 1 fully saturated rings. The van der Waals surface area contributed by atoms with Crippen LogP contribution in [0.5, 0.6) is 5.75 Å². The first-order chi connectivity index (χ1) is 20.0. The molecule has 3 aromatic rings. The molecule has 0 aliphatic carbocycles. The summed E-state index contributed by atoms with van der Waals surface area (Å²) in [6.07, 6.45) is -1.12. The number of carbonyl (C=O) groups excluding carboxylic acids is 2. The summed E-state index contributed by atoms with van der Waals surface area (Å²) >= 11 is 0. The normalized spacial score (nSPS) is 24.1. The number of hydrogen-bond donors (Lipinski definition) is 3. The monoisotopic (exact) mass is 588 g/mol.